The Morgan fingerprint density at radius 3 is 1.52 bits per heavy atom. The lowest BCUT2D eigenvalue weighted by atomic mass is 9.66. The van der Waals surface area contributed by atoms with Crippen LogP contribution in [0.15, 0.2) is 48.5 Å². The van der Waals surface area contributed by atoms with Crippen LogP contribution in [0.2, 0.25) is 0 Å². The zero-order chi connectivity index (χ0) is 16.5. The quantitative estimate of drug-likeness (QED) is 0.890. The van der Waals surface area contributed by atoms with E-state index in [1.54, 1.807) is 0 Å². The van der Waals surface area contributed by atoms with Gasteiger partial charge < -0.3 is 10.2 Å². The summed E-state index contributed by atoms with van der Waals surface area (Å²) in [6.45, 7) is 4.06. The molecule has 1 aliphatic carbocycles. The molecule has 2 N–H and O–H groups in total. The summed E-state index contributed by atoms with van der Waals surface area (Å²) in [5.74, 6) is 0. The van der Waals surface area contributed by atoms with Crippen molar-refractivity contribution in [2.24, 2.45) is 0 Å². The summed E-state index contributed by atoms with van der Waals surface area (Å²) in [5, 5.41) is 23.2. The molecule has 23 heavy (non-hydrogen) atoms. The predicted molar refractivity (Wildman–Crippen MR) is 93.4 cm³/mol. The van der Waals surface area contributed by atoms with Crippen LogP contribution in [0.3, 0.4) is 0 Å². The van der Waals surface area contributed by atoms with Crippen molar-refractivity contribution in [2.45, 2.75) is 57.2 Å². The van der Waals surface area contributed by atoms with E-state index in [9.17, 15) is 10.2 Å². The second kappa shape index (κ2) is 6.10. The zero-order valence-corrected chi connectivity index (χ0v) is 14.0. The van der Waals surface area contributed by atoms with E-state index in [0.717, 1.165) is 41.5 Å². The highest BCUT2D eigenvalue weighted by Gasteiger charge is 2.51. The first-order valence-electron chi connectivity index (χ1n) is 8.55. The molecule has 1 fully saturated rings. The Morgan fingerprint density at radius 1 is 0.739 bits per heavy atom. The lowest BCUT2D eigenvalue weighted by molar-refractivity contribution is -0.151. The third kappa shape index (κ3) is 2.82. The van der Waals surface area contributed by atoms with Gasteiger partial charge in [0.1, 0.15) is 11.2 Å². The second-order valence-corrected chi connectivity index (χ2v) is 7.03. The van der Waals surface area contributed by atoms with Crippen LogP contribution in [-0.2, 0) is 5.60 Å². The lowest BCUT2D eigenvalue weighted by Gasteiger charge is -2.46. The van der Waals surface area contributed by atoms with Gasteiger partial charge in [0.15, 0.2) is 0 Å². The summed E-state index contributed by atoms with van der Waals surface area (Å²) in [6.07, 6.45) is 4.30. The van der Waals surface area contributed by atoms with Crippen molar-refractivity contribution < 1.29 is 10.2 Å². The number of aryl methyl sites for hydroxylation is 2. The maximum absolute atomic E-state index is 11.8. The number of aliphatic hydroxyl groups is 2. The van der Waals surface area contributed by atoms with Gasteiger partial charge in [-0.1, -0.05) is 78.9 Å². The maximum atomic E-state index is 11.8. The highest BCUT2D eigenvalue weighted by molar-refractivity contribution is 5.42. The Labute approximate surface area is 138 Å². The maximum Gasteiger partial charge on any atom is 0.143 e. The van der Waals surface area contributed by atoms with E-state index in [1.807, 2.05) is 62.4 Å². The molecule has 0 radical (unpaired) electrons. The summed E-state index contributed by atoms with van der Waals surface area (Å²) in [6, 6.07) is 15.8. The van der Waals surface area contributed by atoms with Crippen molar-refractivity contribution in [3.05, 3.63) is 70.8 Å². The number of benzene rings is 2. The molecule has 0 aromatic heterocycles. The van der Waals surface area contributed by atoms with Crippen molar-refractivity contribution in [3.63, 3.8) is 0 Å². The van der Waals surface area contributed by atoms with Crippen molar-refractivity contribution in [2.75, 3.05) is 0 Å². The summed E-state index contributed by atoms with van der Waals surface area (Å²) in [7, 11) is 0. The van der Waals surface area contributed by atoms with Crippen molar-refractivity contribution in [1.82, 2.24) is 0 Å². The lowest BCUT2D eigenvalue weighted by Crippen LogP contribution is -2.53. The van der Waals surface area contributed by atoms with Gasteiger partial charge in [0, 0.05) is 0 Å². The first-order chi connectivity index (χ1) is 11.0. The molecule has 0 saturated heterocycles. The minimum absolute atomic E-state index is 0.630. The first-order valence-corrected chi connectivity index (χ1v) is 8.55. The fourth-order valence-corrected chi connectivity index (χ4v) is 3.79. The van der Waals surface area contributed by atoms with Crippen LogP contribution in [0.5, 0.6) is 0 Å². The molecule has 1 saturated carbocycles. The molecule has 0 unspecified atom stereocenters. The summed E-state index contributed by atoms with van der Waals surface area (Å²) < 4.78 is 0. The molecule has 0 aliphatic heterocycles. The molecule has 0 heterocycles. The molecular weight excluding hydrogens is 284 g/mol. The molecular formula is C21H26O2. The average molecular weight is 310 g/mol. The molecule has 3 rings (SSSR count). The Balaban J connectivity index is 2.15. The van der Waals surface area contributed by atoms with Gasteiger partial charge in [0.25, 0.3) is 0 Å². The van der Waals surface area contributed by atoms with Crippen LogP contribution in [0.4, 0.5) is 0 Å². The van der Waals surface area contributed by atoms with Crippen LogP contribution < -0.4 is 0 Å². The molecule has 1 aliphatic rings. The first kappa shape index (κ1) is 16.2. The van der Waals surface area contributed by atoms with Gasteiger partial charge >= 0.3 is 0 Å². The number of hydrogen-bond donors (Lipinski definition) is 2. The molecule has 0 atom stereocenters. The monoisotopic (exact) mass is 310 g/mol. The highest BCUT2D eigenvalue weighted by atomic mass is 16.4. The number of rotatable bonds is 3. The minimum Gasteiger partial charge on any atom is -0.386 e. The molecule has 0 bridgehead atoms. The Hall–Kier alpha value is -1.64. The van der Waals surface area contributed by atoms with E-state index in [-0.39, 0.29) is 0 Å². The third-order valence-corrected chi connectivity index (χ3v) is 5.29. The summed E-state index contributed by atoms with van der Waals surface area (Å²) in [5.41, 5.74) is 1.36. The van der Waals surface area contributed by atoms with E-state index in [1.165, 1.54) is 0 Å². The molecule has 0 spiro atoms. The van der Waals surface area contributed by atoms with Crippen LogP contribution in [0.25, 0.3) is 0 Å². The SMILES string of the molecule is Cc1ccc(C(O)(c2ccc(C)cc2)C2(O)CCCCC2)cc1. The van der Waals surface area contributed by atoms with E-state index in [4.69, 9.17) is 0 Å². The van der Waals surface area contributed by atoms with Crippen LogP contribution in [0.1, 0.15) is 54.4 Å². The smallest absolute Gasteiger partial charge is 0.143 e. The van der Waals surface area contributed by atoms with Crippen LogP contribution in [0, 0.1) is 13.8 Å². The highest BCUT2D eigenvalue weighted by Crippen LogP contribution is 2.47. The Kier molecular flexibility index (Phi) is 4.31. The van der Waals surface area contributed by atoms with Gasteiger partial charge in [-0.2, -0.15) is 0 Å². The van der Waals surface area contributed by atoms with Gasteiger partial charge in [-0.05, 0) is 37.8 Å². The zero-order valence-electron chi connectivity index (χ0n) is 14.0. The summed E-state index contributed by atoms with van der Waals surface area (Å²) in [4.78, 5) is 0. The van der Waals surface area contributed by atoms with Gasteiger partial charge in [-0.25, -0.2) is 0 Å². The largest absolute Gasteiger partial charge is 0.386 e. The fraction of sp³-hybridized carbons (Fsp3) is 0.429. The van der Waals surface area contributed by atoms with Crippen molar-refractivity contribution in [3.8, 4) is 0 Å². The fourth-order valence-electron chi connectivity index (χ4n) is 3.79. The molecule has 2 aromatic carbocycles. The van der Waals surface area contributed by atoms with Crippen molar-refractivity contribution >= 4 is 0 Å². The molecule has 2 heteroatoms. The van der Waals surface area contributed by atoms with E-state index >= 15 is 0 Å². The van der Waals surface area contributed by atoms with Crippen LogP contribution in [-0.4, -0.2) is 15.8 Å². The predicted octanol–water partition coefficient (Wildman–Crippen LogP) is 4.23. The Bertz CT molecular complexity index is 604. The normalized spacial score (nSPS) is 17.9. The van der Waals surface area contributed by atoms with Gasteiger partial charge in [-0.15, -0.1) is 0 Å². The van der Waals surface area contributed by atoms with Crippen molar-refractivity contribution in [1.29, 1.82) is 0 Å². The van der Waals surface area contributed by atoms with E-state index in [0.29, 0.717) is 12.8 Å². The molecule has 122 valence electrons. The van der Waals surface area contributed by atoms with Gasteiger partial charge in [-0.3, -0.25) is 0 Å². The Morgan fingerprint density at radius 2 is 1.13 bits per heavy atom. The molecule has 0 amide bonds. The molecule has 2 nitrogen and oxygen atoms in total. The topological polar surface area (TPSA) is 40.5 Å². The van der Waals surface area contributed by atoms with Gasteiger partial charge in [0.2, 0.25) is 0 Å². The minimum atomic E-state index is -1.37. The van der Waals surface area contributed by atoms with Gasteiger partial charge in [0.05, 0.1) is 0 Å². The average Bonchev–Trinajstić information content (AvgIpc) is 2.56. The van der Waals surface area contributed by atoms with E-state index < -0.39 is 11.2 Å². The van der Waals surface area contributed by atoms with Crippen LogP contribution >= 0.6 is 0 Å². The third-order valence-electron chi connectivity index (χ3n) is 5.29. The van der Waals surface area contributed by atoms with E-state index in [2.05, 4.69) is 0 Å². The molecule has 2 aromatic rings. The number of hydrogen-bond acceptors (Lipinski definition) is 2. The summed E-state index contributed by atoms with van der Waals surface area (Å²) >= 11 is 0. The second-order valence-electron chi connectivity index (χ2n) is 7.03. The standard InChI is InChI=1S/C21H26O2/c1-16-6-10-18(11-7-16)21(23,19-12-8-17(2)9-13-19)20(22)14-4-3-5-15-20/h6-13,22-23H,3-5,14-15H2,1-2H3.